The average Bonchev–Trinajstić information content (AvgIpc) is 2.11. The Hall–Kier alpha value is -0.430. The molecule has 94 valence electrons. The van der Waals surface area contributed by atoms with Crippen molar-refractivity contribution in [1.82, 2.24) is 10.2 Å². The zero-order valence-corrected chi connectivity index (χ0v) is 10.0. The van der Waals surface area contributed by atoms with Gasteiger partial charge in [-0.1, -0.05) is 0 Å². The Balaban J connectivity index is 2.42. The molecule has 1 heterocycles. The summed E-state index contributed by atoms with van der Waals surface area (Å²) in [6, 6.07) is 0. The predicted molar refractivity (Wildman–Crippen MR) is 57.2 cm³/mol. The second kappa shape index (κ2) is 4.83. The molecule has 0 atom stereocenters. The summed E-state index contributed by atoms with van der Waals surface area (Å²) in [5.74, 6) is -0.976. The minimum atomic E-state index is -4.33. The van der Waals surface area contributed by atoms with Crippen LogP contribution in [0.15, 0.2) is 0 Å². The summed E-state index contributed by atoms with van der Waals surface area (Å²) in [5.41, 5.74) is -4.56. The molecule has 0 bridgehead atoms. The van der Waals surface area contributed by atoms with Crippen molar-refractivity contribution in [1.29, 1.82) is 0 Å². The molecule has 1 rings (SSSR count). The van der Waals surface area contributed by atoms with Crippen molar-refractivity contribution in [3.05, 3.63) is 0 Å². The van der Waals surface area contributed by atoms with Crippen LogP contribution < -0.4 is 5.32 Å². The van der Waals surface area contributed by atoms with E-state index in [-0.39, 0.29) is 17.3 Å². The fraction of sp³-hybridized carbons (Fsp3) is 0.889. The van der Waals surface area contributed by atoms with Gasteiger partial charge < -0.3 is 10.2 Å². The van der Waals surface area contributed by atoms with Gasteiger partial charge in [0.15, 0.2) is 0 Å². The Kier molecular flexibility index (Phi) is 4.12. The van der Waals surface area contributed by atoms with Gasteiger partial charge in [-0.25, -0.2) is 0 Å². The summed E-state index contributed by atoms with van der Waals surface area (Å²) in [5, 5.41) is 3.19. The lowest BCUT2D eigenvalue weighted by Gasteiger charge is -2.39. The van der Waals surface area contributed by atoms with Crippen LogP contribution in [0.1, 0.15) is 13.8 Å². The largest absolute Gasteiger partial charge is 0.442 e. The minimum absolute atomic E-state index is 0.225. The fourth-order valence-electron chi connectivity index (χ4n) is 1.59. The summed E-state index contributed by atoms with van der Waals surface area (Å²) in [6.45, 7) is 5.38. The molecule has 16 heavy (non-hydrogen) atoms. The lowest BCUT2D eigenvalue weighted by Crippen LogP contribution is -2.58. The van der Waals surface area contributed by atoms with Gasteiger partial charge in [-0.3, -0.25) is 4.79 Å². The molecule has 1 amide bonds. The molecular weight excluding hydrogens is 241 g/mol. The number of piperazine rings is 1. The molecule has 0 spiro atoms. The van der Waals surface area contributed by atoms with Gasteiger partial charge in [0.25, 0.3) is 0 Å². The number of hydrogen-bond donors (Lipinski definition) is 1. The molecule has 1 N–H and O–H groups in total. The number of thioether (sulfide) groups is 1. The highest BCUT2D eigenvalue weighted by Crippen LogP contribution is 2.30. The Labute approximate surface area is 96.7 Å². The van der Waals surface area contributed by atoms with Crippen molar-refractivity contribution >= 4 is 17.7 Å². The lowest BCUT2D eigenvalue weighted by atomic mass is 10.0. The first-order valence-corrected chi connectivity index (χ1v) is 5.92. The van der Waals surface area contributed by atoms with Crippen LogP contribution in [0.25, 0.3) is 0 Å². The number of alkyl halides is 3. The highest BCUT2D eigenvalue weighted by atomic mass is 32.2. The van der Waals surface area contributed by atoms with Crippen LogP contribution in [-0.4, -0.2) is 47.2 Å². The van der Waals surface area contributed by atoms with E-state index in [9.17, 15) is 18.0 Å². The maximum Gasteiger partial charge on any atom is 0.442 e. The second-order valence-electron chi connectivity index (χ2n) is 4.36. The SMILES string of the molecule is CC1(C)CN(C(=O)CSC(F)(F)F)CCN1. The number of carbonyl (C=O) groups is 1. The highest BCUT2D eigenvalue weighted by molar-refractivity contribution is 8.00. The topological polar surface area (TPSA) is 32.3 Å². The van der Waals surface area contributed by atoms with Crippen LogP contribution in [0.4, 0.5) is 13.2 Å². The van der Waals surface area contributed by atoms with E-state index in [4.69, 9.17) is 0 Å². The van der Waals surface area contributed by atoms with Crippen LogP contribution in [0.3, 0.4) is 0 Å². The molecule has 0 unspecified atom stereocenters. The van der Waals surface area contributed by atoms with E-state index in [0.717, 1.165) is 0 Å². The van der Waals surface area contributed by atoms with E-state index in [1.165, 1.54) is 4.90 Å². The van der Waals surface area contributed by atoms with Gasteiger partial charge in [-0.15, -0.1) is 0 Å². The molecule has 1 aliphatic heterocycles. The molecule has 0 aromatic carbocycles. The smallest absolute Gasteiger partial charge is 0.339 e. The normalized spacial score (nSPS) is 20.9. The maximum absolute atomic E-state index is 11.9. The number of nitrogens with zero attached hydrogens (tertiary/aromatic N) is 1. The Morgan fingerprint density at radius 2 is 2.12 bits per heavy atom. The molecular formula is C9H15F3N2OS. The Bertz CT molecular complexity index is 268. The van der Waals surface area contributed by atoms with Crippen molar-refractivity contribution in [3.8, 4) is 0 Å². The third-order valence-electron chi connectivity index (χ3n) is 2.28. The molecule has 3 nitrogen and oxygen atoms in total. The Morgan fingerprint density at radius 3 is 2.62 bits per heavy atom. The minimum Gasteiger partial charge on any atom is -0.339 e. The molecule has 1 saturated heterocycles. The van der Waals surface area contributed by atoms with E-state index in [0.29, 0.717) is 19.6 Å². The van der Waals surface area contributed by atoms with Gasteiger partial charge in [0.05, 0.1) is 5.75 Å². The fourth-order valence-corrected chi connectivity index (χ4v) is 2.06. The van der Waals surface area contributed by atoms with Crippen LogP contribution in [0.5, 0.6) is 0 Å². The molecule has 0 aromatic heterocycles. The molecule has 0 aromatic rings. The summed E-state index contributed by atoms with van der Waals surface area (Å²) in [7, 11) is 0. The van der Waals surface area contributed by atoms with E-state index in [2.05, 4.69) is 5.32 Å². The number of halogens is 3. The van der Waals surface area contributed by atoms with Crippen LogP contribution in [0.2, 0.25) is 0 Å². The van der Waals surface area contributed by atoms with Gasteiger partial charge >= 0.3 is 5.51 Å². The first-order valence-electron chi connectivity index (χ1n) is 4.93. The van der Waals surface area contributed by atoms with Gasteiger partial charge in [-0.05, 0) is 25.6 Å². The summed E-state index contributed by atoms with van der Waals surface area (Å²) in [6.07, 6.45) is 0. The lowest BCUT2D eigenvalue weighted by molar-refractivity contribution is -0.130. The quantitative estimate of drug-likeness (QED) is 0.811. The summed E-state index contributed by atoms with van der Waals surface area (Å²) >= 11 is -0.276. The summed E-state index contributed by atoms with van der Waals surface area (Å²) < 4.78 is 35.7. The van der Waals surface area contributed by atoms with Crippen molar-refractivity contribution in [2.45, 2.75) is 24.9 Å². The van der Waals surface area contributed by atoms with Crippen LogP contribution in [-0.2, 0) is 4.79 Å². The monoisotopic (exact) mass is 256 g/mol. The molecule has 0 aliphatic carbocycles. The van der Waals surface area contributed by atoms with E-state index in [1.807, 2.05) is 13.8 Å². The molecule has 1 fully saturated rings. The standard InChI is InChI=1S/C9H15F3N2OS/c1-8(2)6-14(4-3-13-8)7(15)5-16-9(10,11)12/h13H,3-6H2,1-2H3. The summed E-state index contributed by atoms with van der Waals surface area (Å²) in [4.78, 5) is 13.0. The van der Waals surface area contributed by atoms with Gasteiger partial charge in [-0.2, -0.15) is 13.2 Å². The first kappa shape index (κ1) is 13.6. The zero-order chi connectivity index (χ0) is 12.4. The first-order chi connectivity index (χ1) is 7.20. The van der Waals surface area contributed by atoms with E-state index in [1.54, 1.807) is 0 Å². The molecule has 0 saturated carbocycles. The van der Waals surface area contributed by atoms with Crippen molar-refractivity contribution < 1.29 is 18.0 Å². The zero-order valence-electron chi connectivity index (χ0n) is 9.23. The predicted octanol–water partition coefficient (Wildman–Crippen LogP) is 1.45. The third kappa shape index (κ3) is 4.61. The molecule has 1 aliphatic rings. The van der Waals surface area contributed by atoms with Crippen molar-refractivity contribution in [3.63, 3.8) is 0 Å². The van der Waals surface area contributed by atoms with Gasteiger partial charge in [0, 0.05) is 25.2 Å². The molecule has 0 radical (unpaired) electrons. The highest BCUT2D eigenvalue weighted by Gasteiger charge is 2.33. The maximum atomic E-state index is 11.9. The molecule has 7 heteroatoms. The second-order valence-corrected chi connectivity index (χ2v) is 5.40. The number of carbonyl (C=O) groups excluding carboxylic acids is 1. The van der Waals surface area contributed by atoms with Crippen molar-refractivity contribution in [2.24, 2.45) is 0 Å². The van der Waals surface area contributed by atoms with E-state index < -0.39 is 17.2 Å². The number of hydrogen-bond acceptors (Lipinski definition) is 3. The number of rotatable bonds is 2. The van der Waals surface area contributed by atoms with Gasteiger partial charge in [0.1, 0.15) is 0 Å². The number of nitrogens with one attached hydrogen (secondary N) is 1. The third-order valence-corrected chi connectivity index (χ3v) is 3.00. The van der Waals surface area contributed by atoms with Crippen molar-refractivity contribution in [2.75, 3.05) is 25.4 Å². The average molecular weight is 256 g/mol. The Morgan fingerprint density at radius 1 is 1.50 bits per heavy atom. The van der Waals surface area contributed by atoms with E-state index >= 15 is 0 Å². The van der Waals surface area contributed by atoms with Gasteiger partial charge in [0.2, 0.25) is 5.91 Å². The van der Waals surface area contributed by atoms with Crippen LogP contribution in [0, 0.1) is 0 Å². The van der Waals surface area contributed by atoms with Crippen LogP contribution >= 0.6 is 11.8 Å². The number of amides is 1.